The van der Waals surface area contributed by atoms with Gasteiger partial charge < -0.3 is 9.67 Å². The fourth-order valence-electron chi connectivity index (χ4n) is 3.02. The highest BCUT2D eigenvalue weighted by Gasteiger charge is 2.29. The van der Waals surface area contributed by atoms with Gasteiger partial charge in [-0.15, -0.1) is 0 Å². The predicted octanol–water partition coefficient (Wildman–Crippen LogP) is 2.56. The standard InChI is InChI=1S/C17H21N3O2/c1-13-2-5-15(17(21)22)11-20(13)10-14-3-6-16(7-4-14)19-9-8-18-12-19/h3-4,6-9,12-13,15H,2,5,10-11H2,1H3,(H,21,22). The summed E-state index contributed by atoms with van der Waals surface area (Å²) in [5.74, 6) is -0.909. The molecular formula is C17H21N3O2. The van der Waals surface area contributed by atoms with Crippen molar-refractivity contribution < 1.29 is 9.90 Å². The average Bonchev–Trinajstić information content (AvgIpc) is 3.04. The van der Waals surface area contributed by atoms with Crippen LogP contribution in [0.1, 0.15) is 25.3 Å². The van der Waals surface area contributed by atoms with Crippen molar-refractivity contribution in [1.29, 1.82) is 0 Å². The fraction of sp³-hybridized carbons (Fsp3) is 0.412. The summed E-state index contributed by atoms with van der Waals surface area (Å²) >= 11 is 0. The zero-order chi connectivity index (χ0) is 15.5. The topological polar surface area (TPSA) is 58.4 Å². The minimum Gasteiger partial charge on any atom is -0.481 e. The summed E-state index contributed by atoms with van der Waals surface area (Å²) in [5, 5.41) is 9.22. The molecule has 1 fully saturated rings. The van der Waals surface area contributed by atoms with E-state index < -0.39 is 5.97 Å². The second-order valence-corrected chi connectivity index (χ2v) is 6.03. The number of imidazole rings is 1. The molecule has 2 heterocycles. The highest BCUT2D eigenvalue weighted by atomic mass is 16.4. The number of hydrogen-bond acceptors (Lipinski definition) is 3. The maximum absolute atomic E-state index is 11.2. The van der Waals surface area contributed by atoms with Gasteiger partial charge in [-0.3, -0.25) is 9.69 Å². The molecule has 22 heavy (non-hydrogen) atoms. The van der Waals surface area contributed by atoms with Crippen LogP contribution in [0, 0.1) is 5.92 Å². The number of carbonyl (C=O) groups is 1. The van der Waals surface area contributed by atoms with Crippen molar-refractivity contribution >= 4 is 5.97 Å². The van der Waals surface area contributed by atoms with Crippen LogP contribution in [-0.4, -0.2) is 38.1 Å². The molecule has 0 aliphatic carbocycles. The van der Waals surface area contributed by atoms with Gasteiger partial charge in [-0.2, -0.15) is 0 Å². The number of likely N-dealkylation sites (tertiary alicyclic amines) is 1. The van der Waals surface area contributed by atoms with Gasteiger partial charge in [0.2, 0.25) is 0 Å². The second kappa shape index (κ2) is 6.32. The molecule has 1 aliphatic rings. The van der Waals surface area contributed by atoms with Crippen LogP contribution in [0.25, 0.3) is 5.69 Å². The normalized spacial score (nSPS) is 22.6. The SMILES string of the molecule is CC1CCC(C(=O)O)CN1Cc1ccc(-n2ccnc2)cc1. The molecule has 2 aromatic rings. The Morgan fingerprint density at radius 3 is 2.73 bits per heavy atom. The molecule has 1 aromatic heterocycles. The average molecular weight is 299 g/mol. The van der Waals surface area contributed by atoms with Crippen molar-refractivity contribution in [2.24, 2.45) is 5.92 Å². The third-order valence-corrected chi connectivity index (χ3v) is 4.48. The van der Waals surface area contributed by atoms with Crippen molar-refractivity contribution in [2.45, 2.75) is 32.4 Å². The fourth-order valence-corrected chi connectivity index (χ4v) is 3.02. The second-order valence-electron chi connectivity index (χ2n) is 6.03. The summed E-state index contributed by atoms with van der Waals surface area (Å²) in [5.41, 5.74) is 2.29. The third-order valence-electron chi connectivity index (χ3n) is 4.48. The van der Waals surface area contributed by atoms with Gasteiger partial charge in [0.25, 0.3) is 0 Å². The predicted molar refractivity (Wildman–Crippen MR) is 83.8 cm³/mol. The van der Waals surface area contributed by atoms with E-state index in [2.05, 4.69) is 41.1 Å². The van der Waals surface area contributed by atoms with Crippen LogP contribution in [0.2, 0.25) is 0 Å². The first-order valence-corrected chi connectivity index (χ1v) is 7.67. The van der Waals surface area contributed by atoms with Gasteiger partial charge in [-0.25, -0.2) is 4.98 Å². The number of benzene rings is 1. The highest BCUT2D eigenvalue weighted by molar-refractivity contribution is 5.70. The summed E-state index contributed by atoms with van der Waals surface area (Å²) in [4.78, 5) is 17.5. The molecule has 2 atom stereocenters. The Labute approximate surface area is 130 Å². The molecule has 1 aliphatic heterocycles. The Morgan fingerprint density at radius 1 is 1.32 bits per heavy atom. The summed E-state index contributed by atoms with van der Waals surface area (Å²) in [6.45, 7) is 3.62. The van der Waals surface area contributed by atoms with Gasteiger partial charge in [-0.1, -0.05) is 12.1 Å². The Kier molecular flexibility index (Phi) is 4.24. The lowest BCUT2D eigenvalue weighted by molar-refractivity contribution is -0.144. The van der Waals surface area contributed by atoms with Crippen molar-refractivity contribution in [3.63, 3.8) is 0 Å². The minimum absolute atomic E-state index is 0.235. The molecule has 0 amide bonds. The van der Waals surface area contributed by atoms with Crippen LogP contribution in [0.15, 0.2) is 43.0 Å². The first-order valence-electron chi connectivity index (χ1n) is 7.67. The molecule has 1 N–H and O–H groups in total. The van der Waals surface area contributed by atoms with E-state index in [1.165, 1.54) is 5.56 Å². The van der Waals surface area contributed by atoms with E-state index in [0.29, 0.717) is 12.6 Å². The molecule has 0 radical (unpaired) electrons. The van der Waals surface area contributed by atoms with E-state index in [4.69, 9.17) is 0 Å². The number of carboxylic acid groups (broad SMARTS) is 1. The molecule has 1 aromatic carbocycles. The lowest BCUT2D eigenvalue weighted by Gasteiger charge is -2.36. The maximum Gasteiger partial charge on any atom is 0.307 e. The van der Waals surface area contributed by atoms with Crippen LogP contribution in [0.3, 0.4) is 0 Å². The van der Waals surface area contributed by atoms with Crippen LogP contribution in [0.4, 0.5) is 0 Å². The van der Waals surface area contributed by atoms with Crippen molar-refractivity contribution in [3.05, 3.63) is 48.5 Å². The van der Waals surface area contributed by atoms with Crippen molar-refractivity contribution in [1.82, 2.24) is 14.5 Å². The summed E-state index contributed by atoms with van der Waals surface area (Å²) < 4.78 is 1.97. The maximum atomic E-state index is 11.2. The molecular weight excluding hydrogens is 278 g/mol. The van der Waals surface area contributed by atoms with Crippen LogP contribution >= 0.6 is 0 Å². The largest absolute Gasteiger partial charge is 0.481 e. The van der Waals surface area contributed by atoms with Gasteiger partial charge in [-0.05, 0) is 37.5 Å². The molecule has 0 saturated carbocycles. The van der Waals surface area contributed by atoms with Crippen molar-refractivity contribution in [3.8, 4) is 5.69 Å². The van der Waals surface area contributed by atoms with Crippen LogP contribution in [-0.2, 0) is 11.3 Å². The third kappa shape index (κ3) is 3.20. The van der Waals surface area contributed by atoms with E-state index in [9.17, 15) is 9.90 Å². The van der Waals surface area contributed by atoms with Crippen molar-refractivity contribution in [2.75, 3.05) is 6.54 Å². The monoisotopic (exact) mass is 299 g/mol. The number of aliphatic carboxylic acids is 1. The number of aromatic nitrogens is 2. The van der Waals surface area contributed by atoms with E-state index in [0.717, 1.165) is 25.1 Å². The smallest absolute Gasteiger partial charge is 0.307 e. The summed E-state index contributed by atoms with van der Waals surface area (Å²) in [6.07, 6.45) is 7.18. The molecule has 2 unspecified atom stereocenters. The quantitative estimate of drug-likeness (QED) is 0.942. The number of hydrogen-bond donors (Lipinski definition) is 1. The molecule has 5 nitrogen and oxygen atoms in total. The van der Waals surface area contributed by atoms with Crippen LogP contribution < -0.4 is 0 Å². The van der Waals surface area contributed by atoms with E-state index >= 15 is 0 Å². The van der Waals surface area contributed by atoms with E-state index in [-0.39, 0.29) is 5.92 Å². The molecule has 0 spiro atoms. The first-order chi connectivity index (χ1) is 10.6. The van der Waals surface area contributed by atoms with Gasteiger partial charge in [0.1, 0.15) is 0 Å². The Morgan fingerprint density at radius 2 is 2.09 bits per heavy atom. The zero-order valence-electron chi connectivity index (χ0n) is 12.7. The van der Waals surface area contributed by atoms with Gasteiger partial charge in [0.05, 0.1) is 12.2 Å². The Bertz CT molecular complexity index is 622. The molecule has 3 rings (SSSR count). The Hall–Kier alpha value is -2.14. The Balaban J connectivity index is 1.68. The number of rotatable bonds is 4. The molecule has 1 saturated heterocycles. The van der Waals surface area contributed by atoms with E-state index in [1.807, 2.05) is 10.8 Å². The number of piperidine rings is 1. The van der Waals surface area contributed by atoms with E-state index in [1.54, 1.807) is 12.5 Å². The molecule has 5 heteroatoms. The minimum atomic E-state index is -0.674. The summed E-state index contributed by atoms with van der Waals surface area (Å²) in [6, 6.07) is 8.78. The lowest BCUT2D eigenvalue weighted by atomic mass is 9.93. The van der Waals surface area contributed by atoms with Gasteiger partial charge >= 0.3 is 5.97 Å². The van der Waals surface area contributed by atoms with Gasteiger partial charge in [0, 0.05) is 37.2 Å². The number of carboxylic acids is 1. The summed E-state index contributed by atoms with van der Waals surface area (Å²) in [7, 11) is 0. The van der Waals surface area contributed by atoms with Crippen LogP contribution in [0.5, 0.6) is 0 Å². The van der Waals surface area contributed by atoms with Gasteiger partial charge in [0.15, 0.2) is 0 Å². The number of nitrogens with zero attached hydrogens (tertiary/aromatic N) is 3. The first kappa shape index (κ1) is 14.8. The lowest BCUT2D eigenvalue weighted by Crippen LogP contribution is -2.43. The highest BCUT2D eigenvalue weighted by Crippen LogP contribution is 2.24. The zero-order valence-corrected chi connectivity index (χ0v) is 12.7. The molecule has 116 valence electrons. The molecule has 0 bridgehead atoms.